The summed E-state index contributed by atoms with van der Waals surface area (Å²) in [7, 11) is 0. The molecule has 1 aromatic carbocycles. The van der Waals surface area contributed by atoms with Gasteiger partial charge < -0.3 is 15.5 Å². The van der Waals surface area contributed by atoms with Gasteiger partial charge in [-0.1, -0.05) is 6.07 Å². The van der Waals surface area contributed by atoms with E-state index in [2.05, 4.69) is 15.5 Å². The van der Waals surface area contributed by atoms with Gasteiger partial charge in [0.15, 0.2) is 0 Å². The zero-order chi connectivity index (χ0) is 17.4. The Bertz CT molecular complexity index is 690. The zero-order valence-corrected chi connectivity index (χ0v) is 14.1. The number of carbonyl (C=O) groups is 2. The average molecular weight is 346 g/mol. The van der Waals surface area contributed by atoms with E-state index in [1.807, 2.05) is 4.90 Å². The van der Waals surface area contributed by atoms with Crippen molar-refractivity contribution in [3.8, 4) is 0 Å². The summed E-state index contributed by atoms with van der Waals surface area (Å²) >= 11 is 0. The summed E-state index contributed by atoms with van der Waals surface area (Å²) in [5.41, 5.74) is 1.14. The molecular weight excluding hydrogens is 323 g/mol. The molecule has 3 aliphatic rings. The number of piperazine rings is 1. The number of anilines is 1. The minimum atomic E-state index is -0.508. The number of likely N-dealkylation sites (tertiary alicyclic amines) is 1. The van der Waals surface area contributed by atoms with E-state index >= 15 is 0 Å². The van der Waals surface area contributed by atoms with Crippen LogP contribution < -0.4 is 10.6 Å². The van der Waals surface area contributed by atoms with Crippen LogP contribution in [0.5, 0.6) is 0 Å². The molecule has 3 heterocycles. The van der Waals surface area contributed by atoms with Gasteiger partial charge in [0.2, 0.25) is 11.8 Å². The molecule has 0 aromatic heterocycles. The lowest BCUT2D eigenvalue weighted by atomic mass is 9.89. The smallest absolute Gasteiger partial charge is 0.230 e. The second-order valence-corrected chi connectivity index (χ2v) is 7.05. The third-order valence-corrected chi connectivity index (χ3v) is 5.50. The standard InChI is InChI=1S/C18H23FN4O2/c19-12-1-2-14-15(10-17(24)21-16(14)9-12)18(25)23-6-3-13(11-23)22-7-4-20-5-8-22/h1-2,9,13,15,20H,3-8,10-11H2,(H,21,24). The topological polar surface area (TPSA) is 64.7 Å². The Hall–Kier alpha value is -1.99. The summed E-state index contributed by atoms with van der Waals surface area (Å²) in [5.74, 6) is -1.16. The normalized spacial score (nSPS) is 27.1. The van der Waals surface area contributed by atoms with Gasteiger partial charge in [-0.3, -0.25) is 14.5 Å². The van der Waals surface area contributed by atoms with Gasteiger partial charge >= 0.3 is 0 Å². The van der Waals surface area contributed by atoms with Crippen LogP contribution in [-0.4, -0.2) is 66.9 Å². The lowest BCUT2D eigenvalue weighted by Gasteiger charge is -2.33. The molecule has 2 N–H and O–H groups in total. The van der Waals surface area contributed by atoms with E-state index < -0.39 is 11.7 Å². The van der Waals surface area contributed by atoms with Crippen LogP contribution in [-0.2, 0) is 9.59 Å². The van der Waals surface area contributed by atoms with Crippen LogP contribution in [0, 0.1) is 5.82 Å². The van der Waals surface area contributed by atoms with E-state index in [-0.39, 0.29) is 18.2 Å². The van der Waals surface area contributed by atoms with Gasteiger partial charge in [-0.05, 0) is 24.1 Å². The first kappa shape index (κ1) is 16.5. The highest BCUT2D eigenvalue weighted by atomic mass is 19.1. The summed E-state index contributed by atoms with van der Waals surface area (Å²) in [4.78, 5) is 29.3. The number of amides is 2. The second-order valence-electron chi connectivity index (χ2n) is 7.05. The molecule has 2 fully saturated rings. The molecule has 6 nitrogen and oxygen atoms in total. The van der Waals surface area contributed by atoms with Crippen LogP contribution in [0.3, 0.4) is 0 Å². The van der Waals surface area contributed by atoms with Crippen molar-refractivity contribution in [2.45, 2.75) is 24.8 Å². The predicted molar refractivity (Wildman–Crippen MR) is 91.8 cm³/mol. The molecule has 3 aliphatic heterocycles. The Kier molecular flexibility index (Phi) is 4.43. The number of fused-ring (bicyclic) bond motifs is 1. The third kappa shape index (κ3) is 3.26. The summed E-state index contributed by atoms with van der Waals surface area (Å²) < 4.78 is 13.5. The van der Waals surface area contributed by atoms with E-state index in [0.29, 0.717) is 18.3 Å². The van der Waals surface area contributed by atoms with Crippen molar-refractivity contribution in [3.63, 3.8) is 0 Å². The number of nitrogens with zero attached hydrogens (tertiary/aromatic N) is 2. The summed E-state index contributed by atoms with van der Waals surface area (Å²) in [6.07, 6.45) is 1.10. The van der Waals surface area contributed by atoms with Crippen molar-refractivity contribution in [1.82, 2.24) is 15.1 Å². The molecule has 134 valence electrons. The van der Waals surface area contributed by atoms with Crippen molar-refractivity contribution in [1.29, 1.82) is 0 Å². The highest BCUT2D eigenvalue weighted by Crippen LogP contribution is 2.35. The molecule has 2 atom stereocenters. The van der Waals surface area contributed by atoms with Gasteiger partial charge in [0.05, 0.1) is 5.92 Å². The molecule has 2 amide bonds. The molecule has 0 spiro atoms. The van der Waals surface area contributed by atoms with Crippen LogP contribution in [0.1, 0.15) is 24.3 Å². The van der Waals surface area contributed by atoms with Crippen molar-refractivity contribution in [3.05, 3.63) is 29.6 Å². The van der Waals surface area contributed by atoms with Crippen molar-refractivity contribution in [2.75, 3.05) is 44.6 Å². The van der Waals surface area contributed by atoms with Gasteiger partial charge in [0.1, 0.15) is 5.82 Å². The molecule has 1 aromatic rings. The Balaban J connectivity index is 1.49. The van der Waals surface area contributed by atoms with Gasteiger partial charge in [0.25, 0.3) is 0 Å². The minimum absolute atomic E-state index is 0.0136. The highest BCUT2D eigenvalue weighted by molar-refractivity contribution is 6.01. The number of rotatable bonds is 2. The molecule has 7 heteroatoms. The van der Waals surface area contributed by atoms with Crippen molar-refractivity contribution >= 4 is 17.5 Å². The van der Waals surface area contributed by atoms with Crippen LogP contribution in [0.15, 0.2) is 18.2 Å². The molecule has 0 radical (unpaired) electrons. The van der Waals surface area contributed by atoms with Crippen molar-refractivity contribution < 1.29 is 14.0 Å². The summed E-state index contributed by atoms with van der Waals surface area (Å²) in [6, 6.07) is 4.66. The van der Waals surface area contributed by atoms with E-state index in [0.717, 1.165) is 44.7 Å². The predicted octanol–water partition coefficient (Wildman–Crippen LogP) is 0.758. The van der Waals surface area contributed by atoms with E-state index in [9.17, 15) is 14.0 Å². The number of halogens is 1. The lowest BCUT2D eigenvalue weighted by Crippen LogP contribution is -2.49. The Morgan fingerprint density at radius 3 is 2.80 bits per heavy atom. The van der Waals surface area contributed by atoms with Crippen LogP contribution >= 0.6 is 0 Å². The largest absolute Gasteiger partial charge is 0.341 e. The molecule has 2 saturated heterocycles. The maximum absolute atomic E-state index is 13.5. The molecule has 25 heavy (non-hydrogen) atoms. The van der Waals surface area contributed by atoms with Gasteiger partial charge in [-0.15, -0.1) is 0 Å². The quantitative estimate of drug-likeness (QED) is 0.830. The fraction of sp³-hybridized carbons (Fsp3) is 0.556. The monoisotopic (exact) mass is 346 g/mol. The first-order valence-corrected chi connectivity index (χ1v) is 8.94. The Morgan fingerprint density at radius 1 is 1.20 bits per heavy atom. The molecule has 4 rings (SSSR count). The molecule has 0 saturated carbocycles. The van der Waals surface area contributed by atoms with Crippen LogP contribution in [0.25, 0.3) is 0 Å². The molecule has 0 bridgehead atoms. The van der Waals surface area contributed by atoms with Gasteiger partial charge in [-0.2, -0.15) is 0 Å². The molecule has 0 aliphatic carbocycles. The first-order chi connectivity index (χ1) is 12.1. The van der Waals surface area contributed by atoms with Crippen LogP contribution in [0.4, 0.5) is 10.1 Å². The first-order valence-electron chi connectivity index (χ1n) is 8.94. The second kappa shape index (κ2) is 6.72. The fourth-order valence-corrected chi connectivity index (χ4v) is 4.17. The van der Waals surface area contributed by atoms with E-state index in [4.69, 9.17) is 0 Å². The van der Waals surface area contributed by atoms with Gasteiger partial charge in [0, 0.05) is 57.4 Å². The number of nitrogens with one attached hydrogen (secondary N) is 2. The Morgan fingerprint density at radius 2 is 2.00 bits per heavy atom. The Labute approximate surface area is 146 Å². The minimum Gasteiger partial charge on any atom is -0.341 e. The van der Waals surface area contributed by atoms with Crippen molar-refractivity contribution in [2.24, 2.45) is 0 Å². The lowest BCUT2D eigenvalue weighted by molar-refractivity contribution is -0.134. The van der Waals surface area contributed by atoms with Crippen LogP contribution in [0.2, 0.25) is 0 Å². The zero-order valence-electron chi connectivity index (χ0n) is 14.1. The SMILES string of the molecule is O=C1CC(C(=O)N2CCC(N3CCNCC3)C2)c2ccc(F)cc2N1. The highest BCUT2D eigenvalue weighted by Gasteiger charge is 2.37. The molecule has 2 unspecified atom stereocenters. The van der Waals surface area contributed by atoms with E-state index in [1.165, 1.54) is 12.1 Å². The fourth-order valence-electron chi connectivity index (χ4n) is 4.17. The summed E-state index contributed by atoms with van der Waals surface area (Å²) in [5, 5.41) is 6.02. The number of hydrogen-bond acceptors (Lipinski definition) is 4. The maximum Gasteiger partial charge on any atom is 0.230 e. The van der Waals surface area contributed by atoms with Gasteiger partial charge in [-0.25, -0.2) is 4.39 Å². The third-order valence-electron chi connectivity index (χ3n) is 5.50. The molecular formula is C18H23FN4O2. The number of hydrogen-bond donors (Lipinski definition) is 2. The summed E-state index contributed by atoms with van der Waals surface area (Å²) in [6.45, 7) is 5.45. The van der Waals surface area contributed by atoms with E-state index in [1.54, 1.807) is 6.07 Å². The number of carbonyl (C=O) groups excluding carboxylic acids is 2. The average Bonchev–Trinajstić information content (AvgIpc) is 3.11. The maximum atomic E-state index is 13.5. The number of benzene rings is 1.